The molecule has 1 saturated carbocycles. The maximum Gasteiger partial charge on any atom is 0.241 e. The van der Waals surface area contributed by atoms with Gasteiger partial charge in [0.05, 0.1) is 4.90 Å². The molecule has 0 saturated heterocycles. The van der Waals surface area contributed by atoms with Crippen LogP contribution in [0.1, 0.15) is 42.6 Å². The van der Waals surface area contributed by atoms with Crippen molar-refractivity contribution in [2.24, 2.45) is 0 Å². The van der Waals surface area contributed by atoms with Gasteiger partial charge in [-0.05, 0) is 62.1 Å². The number of pyridine rings is 1. The summed E-state index contributed by atoms with van der Waals surface area (Å²) in [5.41, 5.74) is 2.67. The van der Waals surface area contributed by atoms with Crippen LogP contribution in [0.2, 0.25) is 0 Å². The highest BCUT2D eigenvalue weighted by molar-refractivity contribution is 7.93. The highest BCUT2D eigenvalue weighted by Gasteiger charge is 2.52. The minimum absolute atomic E-state index is 0.228. The van der Waals surface area contributed by atoms with Crippen molar-refractivity contribution in [1.82, 2.24) is 19.9 Å². The minimum Gasteiger partial charge on any atom is -0.354 e. The van der Waals surface area contributed by atoms with Crippen molar-refractivity contribution in [3.8, 4) is 0 Å². The van der Waals surface area contributed by atoms with Gasteiger partial charge in [0.15, 0.2) is 20.2 Å². The van der Waals surface area contributed by atoms with Gasteiger partial charge in [-0.15, -0.1) is 10.2 Å². The zero-order valence-corrected chi connectivity index (χ0v) is 18.1. The molecule has 4 rings (SSSR count). The van der Waals surface area contributed by atoms with Gasteiger partial charge in [0.2, 0.25) is 5.91 Å². The smallest absolute Gasteiger partial charge is 0.241 e. The summed E-state index contributed by atoms with van der Waals surface area (Å²) in [6.45, 7) is 4.13. The Hall–Kier alpha value is -2.74. The van der Waals surface area contributed by atoms with Crippen molar-refractivity contribution < 1.29 is 13.2 Å². The molecule has 0 radical (unpaired) electrons. The van der Waals surface area contributed by atoms with Crippen LogP contribution in [0, 0.1) is 13.8 Å². The molecule has 0 bridgehead atoms. The number of nitrogens with zero attached hydrogens (tertiary/aromatic N) is 3. The number of carbonyl (C=O) groups is 1. The Balaban J connectivity index is 1.54. The maximum atomic E-state index is 13.5. The number of nitrogens with one attached hydrogen (secondary N) is 1. The van der Waals surface area contributed by atoms with E-state index < -0.39 is 20.5 Å². The fourth-order valence-corrected chi connectivity index (χ4v) is 6.35. The van der Waals surface area contributed by atoms with E-state index >= 15 is 0 Å². The number of hydrogen-bond donors (Lipinski definition) is 1. The maximum absolute atomic E-state index is 13.5. The van der Waals surface area contributed by atoms with Crippen LogP contribution >= 0.6 is 0 Å². The zero-order valence-electron chi connectivity index (χ0n) is 17.3. The number of carbonyl (C=O) groups excluding carboxylic acids is 1. The third kappa shape index (κ3) is 3.39. The highest BCUT2D eigenvalue weighted by atomic mass is 32.2. The SMILES string of the molecule is Cc1ccc(S(=O)(=O)C2(C(=O)NCCc3nnc4ccccn34)CCCC2)cc1C. The minimum atomic E-state index is -3.80. The van der Waals surface area contributed by atoms with E-state index in [1.807, 2.05) is 42.6 Å². The molecule has 3 aromatic rings. The fraction of sp³-hybridized carbons (Fsp3) is 0.409. The monoisotopic (exact) mass is 426 g/mol. The van der Waals surface area contributed by atoms with Gasteiger partial charge in [-0.3, -0.25) is 9.20 Å². The van der Waals surface area contributed by atoms with E-state index in [1.165, 1.54) is 0 Å². The molecular formula is C22H26N4O3S. The number of fused-ring (bicyclic) bond motifs is 1. The quantitative estimate of drug-likeness (QED) is 0.654. The number of rotatable bonds is 6. The van der Waals surface area contributed by atoms with E-state index in [1.54, 1.807) is 18.2 Å². The Morgan fingerprint density at radius 3 is 2.60 bits per heavy atom. The molecule has 1 aliphatic rings. The molecule has 2 aromatic heterocycles. The summed E-state index contributed by atoms with van der Waals surface area (Å²) in [5, 5.41) is 11.1. The average Bonchev–Trinajstić information content (AvgIpc) is 3.38. The molecule has 0 atom stereocenters. The summed E-state index contributed by atoms with van der Waals surface area (Å²) in [5.74, 6) is 0.315. The van der Waals surface area contributed by atoms with Crippen LogP contribution in [0.3, 0.4) is 0 Å². The van der Waals surface area contributed by atoms with Gasteiger partial charge in [-0.2, -0.15) is 0 Å². The van der Waals surface area contributed by atoms with Crippen LogP contribution in [0.5, 0.6) is 0 Å². The van der Waals surface area contributed by atoms with Crippen LogP contribution in [0.4, 0.5) is 0 Å². The van der Waals surface area contributed by atoms with Crippen molar-refractivity contribution >= 4 is 21.4 Å². The number of amides is 1. The molecule has 2 heterocycles. The molecule has 0 unspecified atom stereocenters. The first-order valence-electron chi connectivity index (χ1n) is 10.2. The number of aryl methyl sites for hydroxylation is 2. The fourth-order valence-electron chi connectivity index (χ4n) is 4.18. The van der Waals surface area contributed by atoms with Crippen LogP contribution in [0.15, 0.2) is 47.5 Å². The molecular weight excluding hydrogens is 400 g/mol. The Labute approximate surface area is 176 Å². The molecule has 158 valence electrons. The zero-order chi connectivity index (χ0) is 21.4. The summed E-state index contributed by atoms with van der Waals surface area (Å²) in [6, 6.07) is 10.7. The third-order valence-corrected chi connectivity index (χ3v) is 8.64. The number of benzene rings is 1. The normalized spacial score (nSPS) is 16.1. The predicted octanol–water partition coefficient (Wildman–Crippen LogP) is 2.79. The lowest BCUT2D eigenvalue weighted by Crippen LogP contribution is -2.51. The molecule has 0 aliphatic heterocycles. The average molecular weight is 427 g/mol. The topological polar surface area (TPSA) is 93.4 Å². The first-order chi connectivity index (χ1) is 14.3. The first kappa shape index (κ1) is 20.5. The third-order valence-electron chi connectivity index (χ3n) is 6.15. The summed E-state index contributed by atoms with van der Waals surface area (Å²) >= 11 is 0. The van der Waals surface area contributed by atoms with E-state index in [0.717, 1.165) is 35.4 Å². The standard InChI is InChI=1S/C22H26N4O3S/c1-16-8-9-18(15-17(16)2)30(28,29)22(11-4-5-12-22)21(27)23-13-10-20-25-24-19-7-3-6-14-26(19)20/h3,6-9,14-15H,4-5,10-13H2,1-2H3,(H,23,27). The second-order valence-corrected chi connectivity index (χ2v) is 10.3. The lowest BCUT2D eigenvalue weighted by molar-refractivity contribution is -0.123. The van der Waals surface area contributed by atoms with Crippen molar-refractivity contribution in [3.63, 3.8) is 0 Å². The van der Waals surface area contributed by atoms with Crippen LogP contribution < -0.4 is 5.32 Å². The Morgan fingerprint density at radius 1 is 1.10 bits per heavy atom. The Kier molecular flexibility index (Phi) is 5.36. The van der Waals surface area contributed by atoms with Crippen molar-refractivity contribution in [2.45, 2.75) is 55.6 Å². The number of hydrogen-bond acceptors (Lipinski definition) is 5. The van der Waals surface area contributed by atoms with Gasteiger partial charge < -0.3 is 5.32 Å². The van der Waals surface area contributed by atoms with Crippen molar-refractivity contribution in [2.75, 3.05) is 6.54 Å². The van der Waals surface area contributed by atoms with E-state index in [4.69, 9.17) is 0 Å². The molecule has 0 spiro atoms. The van der Waals surface area contributed by atoms with E-state index in [0.29, 0.717) is 25.8 Å². The van der Waals surface area contributed by atoms with Crippen LogP contribution in [-0.2, 0) is 21.1 Å². The molecule has 1 fully saturated rings. The molecule has 1 aromatic carbocycles. The Morgan fingerprint density at radius 2 is 1.87 bits per heavy atom. The molecule has 7 nitrogen and oxygen atoms in total. The second-order valence-electron chi connectivity index (χ2n) is 8.00. The van der Waals surface area contributed by atoms with Gasteiger partial charge in [-0.1, -0.05) is 25.0 Å². The van der Waals surface area contributed by atoms with Gasteiger partial charge in [0.1, 0.15) is 5.82 Å². The first-order valence-corrected chi connectivity index (χ1v) is 11.7. The number of sulfone groups is 1. The van der Waals surface area contributed by atoms with E-state index in [-0.39, 0.29) is 4.90 Å². The van der Waals surface area contributed by atoms with E-state index in [2.05, 4.69) is 15.5 Å². The molecule has 1 amide bonds. The van der Waals surface area contributed by atoms with Crippen molar-refractivity contribution in [3.05, 3.63) is 59.5 Å². The van der Waals surface area contributed by atoms with Crippen molar-refractivity contribution in [1.29, 1.82) is 0 Å². The molecule has 1 N–H and O–H groups in total. The summed E-state index contributed by atoms with van der Waals surface area (Å²) in [7, 11) is -3.80. The van der Waals surface area contributed by atoms with E-state index in [9.17, 15) is 13.2 Å². The van der Waals surface area contributed by atoms with Gasteiger partial charge in [-0.25, -0.2) is 8.42 Å². The molecule has 30 heavy (non-hydrogen) atoms. The number of aromatic nitrogens is 3. The Bertz CT molecular complexity index is 1190. The second kappa shape index (κ2) is 7.83. The van der Waals surface area contributed by atoms with Gasteiger partial charge in [0, 0.05) is 19.2 Å². The van der Waals surface area contributed by atoms with Gasteiger partial charge >= 0.3 is 0 Å². The molecule has 8 heteroatoms. The predicted molar refractivity (Wildman–Crippen MR) is 114 cm³/mol. The lowest BCUT2D eigenvalue weighted by Gasteiger charge is -2.28. The lowest BCUT2D eigenvalue weighted by atomic mass is 10.1. The molecule has 1 aliphatic carbocycles. The summed E-state index contributed by atoms with van der Waals surface area (Å²) in [6.07, 6.45) is 4.49. The van der Waals surface area contributed by atoms with Gasteiger partial charge in [0.25, 0.3) is 0 Å². The largest absolute Gasteiger partial charge is 0.354 e. The summed E-state index contributed by atoms with van der Waals surface area (Å²) < 4.78 is 27.5. The van der Waals surface area contributed by atoms with Crippen LogP contribution in [0.25, 0.3) is 5.65 Å². The highest BCUT2D eigenvalue weighted by Crippen LogP contribution is 2.41. The van der Waals surface area contributed by atoms with Crippen LogP contribution in [-0.4, -0.2) is 40.2 Å². The summed E-state index contributed by atoms with van der Waals surface area (Å²) in [4.78, 5) is 13.4.